The van der Waals surface area contributed by atoms with Gasteiger partial charge in [0.1, 0.15) is 5.02 Å². The third-order valence-corrected chi connectivity index (χ3v) is 2.67. The van der Waals surface area contributed by atoms with Gasteiger partial charge in [-0.3, -0.25) is 0 Å². The number of rotatable bonds is 0. The van der Waals surface area contributed by atoms with E-state index in [0.717, 1.165) is 0 Å². The van der Waals surface area contributed by atoms with Crippen LogP contribution in [0.3, 0.4) is 0 Å². The summed E-state index contributed by atoms with van der Waals surface area (Å²) in [5, 5.41) is -0.408. The minimum atomic E-state index is -0.800. The summed E-state index contributed by atoms with van der Waals surface area (Å²) in [5.74, 6) is -0.800. The van der Waals surface area contributed by atoms with Crippen LogP contribution in [0, 0.1) is 5.95 Å². The molecule has 0 saturated carbocycles. The molecule has 0 aliphatic rings. The molecule has 1 aromatic heterocycles. The lowest BCUT2D eigenvalue weighted by Crippen LogP contribution is -3.00. The first-order valence-corrected chi connectivity index (χ1v) is 3.96. The Labute approximate surface area is 94.2 Å². The number of aromatic nitrogens is 1. The predicted molar refractivity (Wildman–Crippen MR) is 43.0 cm³/mol. The predicted octanol–water partition coefficient (Wildman–Crippen LogP) is 0.257. The van der Waals surface area contributed by atoms with Crippen LogP contribution in [0.5, 0.6) is 0 Å². The van der Waals surface area contributed by atoms with Crippen molar-refractivity contribution in [1.82, 2.24) is 0 Å². The van der Waals surface area contributed by atoms with Gasteiger partial charge in [0.15, 0.2) is 5.02 Å². The van der Waals surface area contributed by atoms with Crippen molar-refractivity contribution >= 4 is 46.4 Å². The number of hydrogen-bond acceptors (Lipinski definition) is 0. The molecule has 0 amide bonds. The van der Waals surface area contributed by atoms with Crippen LogP contribution in [-0.4, -0.2) is 0 Å². The zero-order chi connectivity index (χ0) is 8.59. The van der Waals surface area contributed by atoms with Crippen LogP contribution < -0.4 is 17.4 Å². The van der Waals surface area contributed by atoms with Gasteiger partial charge in [-0.25, -0.2) is 0 Å². The van der Waals surface area contributed by atoms with Gasteiger partial charge in [0.05, 0.1) is 5.02 Å². The molecular formula is C5HCl5FN. The second-order valence-electron chi connectivity index (χ2n) is 1.69. The third kappa shape index (κ3) is 2.27. The summed E-state index contributed by atoms with van der Waals surface area (Å²) in [6, 6.07) is 0. The lowest BCUT2D eigenvalue weighted by atomic mass is 10.5. The highest BCUT2D eigenvalue weighted by atomic mass is 35.5. The summed E-state index contributed by atoms with van der Waals surface area (Å²) in [6.07, 6.45) is 0. The number of hydrogen-bond donors (Lipinski definition) is 0. The minimum Gasteiger partial charge on any atom is -1.00 e. The number of halogens is 6. The van der Waals surface area contributed by atoms with Crippen LogP contribution in [0.25, 0.3) is 0 Å². The second kappa shape index (κ2) is 4.68. The van der Waals surface area contributed by atoms with E-state index in [1.54, 1.807) is 0 Å². The Hall–Kier alpha value is 0.530. The zero-order valence-electron chi connectivity index (χ0n) is 5.27. The van der Waals surface area contributed by atoms with Crippen molar-refractivity contribution in [3.8, 4) is 0 Å². The van der Waals surface area contributed by atoms with E-state index in [0.29, 0.717) is 0 Å². The summed E-state index contributed by atoms with van der Waals surface area (Å²) in [4.78, 5) is 2.10. The molecule has 0 fully saturated rings. The van der Waals surface area contributed by atoms with Crippen LogP contribution in [0.2, 0.25) is 20.2 Å². The average Bonchev–Trinajstić information content (AvgIpc) is 1.97. The highest BCUT2D eigenvalue weighted by Crippen LogP contribution is 2.33. The molecule has 7 heteroatoms. The van der Waals surface area contributed by atoms with Crippen LogP contribution >= 0.6 is 46.4 Å². The van der Waals surface area contributed by atoms with Crippen molar-refractivity contribution in [2.45, 2.75) is 0 Å². The SMILES string of the molecule is Fc1[nH+]c(Cl)c(Cl)c(Cl)c1Cl.[Cl-]. The fourth-order valence-corrected chi connectivity index (χ4v) is 1.23. The Bertz CT molecular complexity index is 276. The lowest BCUT2D eigenvalue weighted by Gasteiger charge is -1.94. The zero-order valence-corrected chi connectivity index (χ0v) is 9.05. The van der Waals surface area contributed by atoms with Gasteiger partial charge in [-0.05, 0) is 11.6 Å². The van der Waals surface area contributed by atoms with Gasteiger partial charge in [0.2, 0.25) is 0 Å². The molecule has 0 saturated heterocycles. The highest BCUT2D eigenvalue weighted by Gasteiger charge is 2.20. The van der Waals surface area contributed by atoms with E-state index >= 15 is 0 Å². The third-order valence-electron chi connectivity index (χ3n) is 0.990. The summed E-state index contributed by atoms with van der Waals surface area (Å²) in [6.45, 7) is 0. The molecule has 0 aromatic carbocycles. The van der Waals surface area contributed by atoms with Gasteiger partial charge in [0, 0.05) is 0 Å². The maximum atomic E-state index is 12.6. The largest absolute Gasteiger partial charge is 1.00 e. The van der Waals surface area contributed by atoms with E-state index in [2.05, 4.69) is 4.98 Å². The van der Waals surface area contributed by atoms with Crippen LogP contribution in [0.15, 0.2) is 0 Å². The summed E-state index contributed by atoms with van der Waals surface area (Å²) < 4.78 is 12.6. The standard InChI is InChI=1S/C5Cl4FN.ClH/c6-1-2(7)4(9)11-5(10)3(1)8;/h;1H. The number of H-pyrrole nitrogens is 1. The molecule has 0 radical (unpaired) electrons. The van der Waals surface area contributed by atoms with E-state index in [1.165, 1.54) is 0 Å². The summed E-state index contributed by atoms with van der Waals surface area (Å²) >= 11 is 21.8. The lowest BCUT2D eigenvalue weighted by molar-refractivity contribution is -0.419. The second-order valence-corrected chi connectivity index (χ2v) is 3.21. The van der Waals surface area contributed by atoms with Crippen molar-refractivity contribution in [1.29, 1.82) is 0 Å². The molecule has 1 rings (SSSR count). The molecule has 1 nitrogen and oxygen atoms in total. The average molecular weight is 271 g/mol. The van der Waals surface area contributed by atoms with Gasteiger partial charge in [-0.1, -0.05) is 34.8 Å². The minimum absolute atomic E-state index is 0. The molecule has 0 aliphatic carbocycles. The van der Waals surface area contributed by atoms with E-state index in [9.17, 15) is 4.39 Å². The maximum absolute atomic E-state index is 12.6. The summed E-state index contributed by atoms with van der Waals surface area (Å²) in [7, 11) is 0. The van der Waals surface area contributed by atoms with Gasteiger partial charge >= 0.3 is 5.95 Å². The Morgan fingerprint density at radius 1 is 0.917 bits per heavy atom. The van der Waals surface area contributed by atoms with Crippen LogP contribution in [-0.2, 0) is 0 Å². The Kier molecular flexibility index (Phi) is 4.89. The molecule has 0 bridgehead atoms. The number of aromatic amines is 1. The fraction of sp³-hybridized carbons (Fsp3) is 0. The van der Waals surface area contributed by atoms with Crippen molar-refractivity contribution in [3.63, 3.8) is 0 Å². The monoisotopic (exact) mass is 269 g/mol. The van der Waals surface area contributed by atoms with Gasteiger partial charge < -0.3 is 12.4 Å². The summed E-state index contributed by atoms with van der Waals surface area (Å²) in [5.41, 5.74) is 0. The van der Waals surface area contributed by atoms with Crippen molar-refractivity contribution in [2.24, 2.45) is 0 Å². The maximum Gasteiger partial charge on any atom is 0.379 e. The molecule has 1 aromatic rings. The normalized spacial score (nSPS) is 9.42. The van der Waals surface area contributed by atoms with Crippen molar-refractivity contribution in [3.05, 3.63) is 26.2 Å². The Balaban J connectivity index is 0.00000121. The van der Waals surface area contributed by atoms with E-state index < -0.39 is 5.95 Å². The van der Waals surface area contributed by atoms with Gasteiger partial charge in [-0.15, -0.1) is 4.39 Å². The molecule has 12 heavy (non-hydrogen) atoms. The first-order valence-electron chi connectivity index (χ1n) is 2.44. The molecular weight excluding hydrogens is 270 g/mol. The van der Waals surface area contributed by atoms with Crippen LogP contribution in [0.4, 0.5) is 4.39 Å². The Morgan fingerprint density at radius 2 is 1.42 bits per heavy atom. The Morgan fingerprint density at radius 3 is 1.92 bits per heavy atom. The molecule has 68 valence electrons. The molecule has 0 unspecified atom stereocenters. The van der Waals surface area contributed by atoms with Crippen molar-refractivity contribution < 1.29 is 21.8 Å². The van der Waals surface area contributed by atoms with Gasteiger partial charge in [-0.2, -0.15) is 4.98 Å². The smallest absolute Gasteiger partial charge is 0.379 e. The molecule has 1 heterocycles. The quantitative estimate of drug-likeness (QED) is 0.601. The van der Waals surface area contributed by atoms with E-state index in [1.807, 2.05) is 0 Å². The first-order chi connectivity index (χ1) is 5.04. The highest BCUT2D eigenvalue weighted by molar-refractivity contribution is 6.50. The molecule has 0 aliphatic heterocycles. The van der Waals surface area contributed by atoms with Gasteiger partial charge in [0.25, 0.3) is 5.15 Å². The van der Waals surface area contributed by atoms with E-state index in [-0.39, 0.29) is 32.6 Å². The van der Waals surface area contributed by atoms with Crippen LogP contribution in [0.1, 0.15) is 0 Å². The number of pyridine rings is 1. The van der Waals surface area contributed by atoms with E-state index in [4.69, 9.17) is 46.4 Å². The number of nitrogens with one attached hydrogen (secondary N) is 1. The molecule has 1 N–H and O–H groups in total. The molecule has 0 atom stereocenters. The molecule has 0 spiro atoms. The topological polar surface area (TPSA) is 14.1 Å². The fourth-order valence-electron chi connectivity index (χ4n) is 0.495. The first kappa shape index (κ1) is 12.5. The van der Waals surface area contributed by atoms with Crippen molar-refractivity contribution in [2.75, 3.05) is 0 Å².